The van der Waals surface area contributed by atoms with Gasteiger partial charge in [-0.05, 0) is 44.6 Å². The van der Waals surface area contributed by atoms with Gasteiger partial charge < -0.3 is 15.5 Å². The summed E-state index contributed by atoms with van der Waals surface area (Å²) in [6.45, 7) is 8.41. The molecule has 8 nitrogen and oxygen atoms in total. The number of amides is 2. The molecule has 2 atom stereocenters. The predicted octanol–water partition coefficient (Wildman–Crippen LogP) is 1.81. The Hall–Kier alpha value is -2.55. The lowest BCUT2D eigenvalue weighted by molar-refractivity contribution is -0.137. The van der Waals surface area contributed by atoms with Gasteiger partial charge in [0, 0.05) is 25.8 Å². The number of anilines is 1. The van der Waals surface area contributed by atoms with E-state index in [4.69, 9.17) is 15.7 Å². The third-order valence-corrected chi connectivity index (χ3v) is 7.20. The molecule has 0 unspecified atom stereocenters. The van der Waals surface area contributed by atoms with Gasteiger partial charge in [0.2, 0.25) is 17.8 Å². The zero-order valence-corrected chi connectivity index (χ0v) is 18.5. The highest BCUT2D eigenvalue weighted by Gasteiger charge is 2.38. The fourth-order valence-electron chi connectivity index (χ4n) is 4.41. The van der Waals surface area contributed by atoms with E-state index in [1.807, 2.05) is 13.1 Å². The standard InChI is InChI=1S/C21H28N6O2S/c1-4-26(5-2)21-23-11-13-6-7-14-19(17(13)25-21)30-15(24-14)10-16(28)27-9-8-12(3)18(27)20(22)29/h11-12,18H,4-10H2,1-3H3,(H2,22,29)/t12-,18-/m0/s1. The van der Waals surface area contributed by atoms with Crippen molar-refractivity contribution in [1.29, 1.82) is 0 Å². The SMILES string of the molecule is CCN(CC)c1ncc2c(n1)-c1sc(CC(=O)N3CC[C@H](C)[C@H]3C(N)=O)nc1CC2. The molecule has 4 rings (SSSR count). The van der Waals surface area contributed by atoms with E-state index in [9.17, 15) is 9.59 Å². The van der Waals surface area contributed by atoms with Crippen LogP contribution in [0.1, 0.15) is 43.5 Å². The monoisotopic (exact) mass is 428 g/mol. The quantitative estimate of drug-likeness (QED) is 0.752. The zero-order chi connectivity index (χ0) is 21.4. The van der Waals surface area contributed by atoms with E-state index in [2.05, 4.69) is 23.7 Å². The molecule has 160 valence electrons. The van der Waals surface area contributed by atoms with E-state index in [-0.39, 0.29) is 18.2 Å². The Morgan fingerprint density at radius 1 is 1.27 bits per heavy atom. The van der Waals surface area contributed by atoms with E-state index in [1.165, 1.54) is 11.3 Å². The third kappa shape index (κ3) is 3.66. The molecule has 2 aliphatic rings. The first-order valence-electron chi connectivity index (χ1n) is 10.6. The Morgan fingerprint density at radius 2 is 2.03 bits per heavy atom. The van der Waals surface area contributed by atoms with Crippen LogP contribution in [0.2, 0.25) is 0 Å². The van der Waals surface area contributed by atoms with Gasteiger partial charge in [-0.15, -0.1) is 11.3 Å². The summed E-state index contributed by atoms with van der Waals surface area (Å²) in [5.74, 6) is 0.313. The first-order valence-corrected chi connectivity index (χ1v) is 11.4. The van der Waals surface area contributed by atoms with E-state index in [0.29, 0.717) is 6.54 Å². The molecule has 0 saturated carbocycles. The summed E-state index contributed by atoms with van der Waals surface area (Å²) in [6.07, 6.45) is 4.59. The largest absolute Gasteiger partial charge is 0.368 e. The van der Waals surface area contributed by atoms with Crippen LogP contribution in [0, 0.1) is 5.92 Å². The molecule has 0 aromatic carbocycles. The summed E-state index contributed by atoms with van der Waals surface area (Å²) in [5.41, 5.74) is 8.61. The molecule has 2 N–H and O–H groups in total. The van der Waals surface area contributed by atoms with Crippen molar-refractivity contribution >= 4 is 29.1 Å². The number of aromatic nitrogens is 3. The minimum Gasteiger partial charge on any atom is -0.368 e. The Labute approximate surface area is 180 Å². The summed E-state index contributed by atoms with van der Waals surface area (Å²) in [6, 6.07) is -0.516. The smallest absolute Gasteiger partial charge is 0.240 e. The van der Waals surface area contributed by atoms with Gasteiger partial charge in [-0.25, -0.2) is 15.0 Å². The van der Waals surface area contributed by atoms with Crippen molar-refractivity contribution < 1.29 is 9.59 Å². The fraction of sp³-hybridized carbons (Fsp3) is 0.571. The first kappa shape index (κ1) is 20.7. The maximum Gasteiger partial charge on any atom is 0.240 e. The average Bonchev–Trinajstić information content (AvgIpc) is 3.32. The summed E-state index contributed by atoms with van der Waals surface area (Å²) in [7, 11) is 0. The molecule has 1 saturated heterocycles. The van der Waals surface area contributed by atoms with E-state index >= 15 is 0 Å². The highest BCUT2D eigenvalue weighted by atomic mass is 32.1. The number of fused-ring (bicyclic) bond motifs is 3. The Kier molecular flexibility index (Phi) is 5.73. The lowest BCUT2D eigenvalue weighted by Gasteiger charge is -2.23. The topological polar surface area (TPSA) is 105 Å². The van der Waals surface area contributed by atoms with Crippen molar-refractivity contribution in [2.75, 3.05) is 24.5 Å². The Balaban J connectivity index is 1.58. The van der Waals surface area contributed by atoms with Crippen LogP contribution in [0.25, 0.3) is 10.6 Å². The molecule has 0 radical (unpaired) electrons. The number of carbonyl (C=O) groups excluding carboxylic acids is 2. The number of thiazole rings is 1. The molecule has 0 spiro atoms. The number of likely N-dealkylation sites (tertiary alicyclic amines) is 1. The zero-order valence-electron chi connectivity index (χ0n) is 17.7. The van der Waals surface area contributed by atoms with Crippen LogP contribution < -0.4 is 10.6 Å². The lowest BCUT2D eigenvalue weighted by atomic mass is 10.00. The molecule has 1 aliphatic heterocycles. The van der Waals surface area contributed by atoms with Crippen molar-refractivity contribution in [3.63, 3.8) is 0 Å². The highest BCUT2D eigenvalue weighted by molar-refractivity contribution is 7.15. The second-order valence-electron chi connectivity index (χ2n) is 7.98. The van der Waals surface area contributed by atoms with Crippen molar-refractivity contribution in [1.82, 2.24) is 19.9 Å². The second kappa shape index (κ2) is 8.29. The van der Waals surface area contributed by atoms with Crippen molar-refractivity contribution in [3.05, 3.63) is 22.5 Å². The minimum atomic E-state index is -0.516. The molecule has 9 heteroatoms. The number of hydrogen-bond acceptors (Lipinski definition) is 7. The van der Waals surface area contributed by atoms with Gasteiger partial charge in [-0.2, -0.15) is 0 Å². The number of rotatable bonds is 6. The van der Waals surface area contributed by atoms with Crippen LogP contribution in [0.3, 0.4) is 0 Å². The summed E-state index contributed by atoms with van der Waals surface area (Å²) in [5, 5.41) is 0.767. The number of nitrogens with two attached hydrogens (primary N) is 1. The van der Waals surface area contributed by atoms with Gasteiger partial charge in [0.05, 0.1) is 22.7 Å². The molecular formula is C21H28N6O2S. The van der Waals surface area contributed by atoms with Crippen LogP contribution in [0.5, 0.6) is 0 Å². The number of aryl methyl sites for hydroxylation is 2. The van der Waals surface area contributed by atoms with Crippen LogP contribution in [0.15, 0.2) is 6.20 Å². The summed E-state index contributed by atoms with van der Waals surface area (Å²) >= 11 is 1.53. The van der Waals surface area contributed by atoms with Gasteiger partial charge >= 0.3 is 0 Å². The highest BCUT2D eigenvalue weighted by Crippen LogP contribution is 2.37. The van der Waals surface area contributed by atoms with E-state index in [0.717, 1.165) is 65.1 Å². The van der Waals surface area contributed by atoms with Gasteiger partial charge in [0.1, 0.15) is 11.0 Å². The van der Waals surface area contributed by atoms with Crippen LogP contribution >= 0.6 is 11.3 Å². The average molecular weight is 429 g/mol. The van der Waals surface area contributed by atoms with Gasteiger partial charge in [0.25, 0.3) is 0 Å². The number of hydrogen-bond donors (Lipinski definition) is 1. The summed E-state index contributed by atoms with van der Waals surface area (Å²) in [4.78, 5) is 43.6. The molecule has 2 aromatic heterocycles. The molecule has 3 heterocycles. The molecule has 0 bridgehead atoms. The third-order valence-electron chi connectivity index (χ3n) is 6.10. The predicted molar refractivity (Wildman–Crippen MR) is 116 cm³/mol. The Morgan fingerprint density at radius 3 is 2.73 bits per heavy atom. The number of carbonyl (C=O) groups is 2. The van der Waals surface area contributed by atoms with Gasteiger partial charge in [-0.1, -0.05) is 6.92 Å². The fourth-order valence-corrected chi connectivity index (χ4v) is 5.54. The second-order valence-corrected chi connectivity index (χ2v) is 9.06. The van der Waals surface area contributed by atoms with E-state index in [1.54, 1.807) is 4.90 Å². The molecular weight excluding hydrogens is 400 g/mol. The summed E-state index contributed by atoms with van der Waals surface area (Å²) < 4.78 is 0. The Bertz CT molecular complexity index is 970. The normalized spacial score (nSPS) is 20.0. The molecule has 2 amide bonds. The van der Waals surface area contributed by atoms with Crippen LogP contribution in [-0.4, -0.2) is 57.3 Å². The molecule has 2 aromatic rings. The maximum atomic E-state index is 12.9. The van der Waals surface area contributed by atoms with Crippen LogP contribution in [0.4, 0.5) is 5.95 Å². The minimum absolute atomic E-state index is 0.0824. The van der Waals surface area contributed by atoms with Crippen LogP contribution in [-0.2, 0) is 28.9 Å². The molecule has 1 aliphatic carbocycles. The number of nitrogens with zero attached hydrogens (tertiary/aromatic N) is 5. The molecule has 30 heavy (non-hydrogen) atoms. The molecule has 1 fully saturated rings. The van der Waals surface area contributed by atoms with Crippen molar-refractivity contribution in [2.45, 2.75) is 52.5 Å². The van der Waals surface area contributed by atoms with E-state index < -0.39 is 11.9 Å². The first-order chi connectivity index (χ1) is 14.4. The van der Waals surface area contributed by atoms with Gasteiger partial charge in [0.15, 0.2) is 0 Å². The van der Waals surface area contributed by atoms with Gasteiger partial charge in [-0.3, -0.25) is 9.59 Å². The maximum absolute atomic E-state index is 12.9. The lowest BCUT2D eigenvalue weighted by Crippen LogP contribution is -2.46. The number of primary amides is 1. The van der Waals surface area contributed by atoms with Crippen molar-refractivity contribution in [3.8, 4) is 10.6 Å². The van der Waals surface area contributed by atoms with Crippen molar-refractivity contribution in [2.24, 2.45) is 11.7 Å².